The maximum Gasteiger partial charge on any atom is 0.119 e. The summed E-state index contributed by atoms with van der Waals surface area (Å²) >= 11 is 0. The molecule has 3 heteroatoms. The molecule has 0 fully saturated rings. The molecule has 0 radical (unpaired) electrons. The Morgan fingerprint density at radius 2 is 1.53 bits per heavy atom. The summed E-state index contributed by atoms with van der Waals surface area (Å²) in [5.41, 5.74) is 10.8. The number of phenolic OH excluding ortho intramolecular Hbond substituents is 1. The third kappa shape index (κ3) is 5.40. The van der Waals surface area contributed by atoms with E-state index < -0.39 is 0 Å². The number of hydrogen-bond donors (Lipinski definition) is 3. The molecule has 0 atom stereocenters. The third-order valence-corrected chi connectivity index (χ3v) is 1.88. The van der Waals surface area contributed by atoms with Crippen LogP contribution >= 0.6 is 0 Å². The first-order chi connectivity index (χ1) is 6.93. The van der Waals surface area contributed by atoms with Crippen LogP contribution in [0.3, 0.4) is 0 Å². The first-order valence-corrected chi connectivity index (χ1v) is 5.12. The largest absolute Gasteiger partial charge is 0.508 e. The predicted octanol–water partition coefficient (Wildman–Crippen LogP) is 1.59. The highest BCUT2D eigenvalue weighted by molar-refractivity contribution is 5.36. The maximum atomic E-state index is 9.45. The molecule has 0 aliphatic carbocycles. The Labute approximate surface area is 92.1 Å². The first-order valence-electron chi connectivity index (χ1n) is 5.12. The summed E-state index contributed by atoms with van der Waals surface area (Å²) in [6.07, 6.45) is 0. The summed E-state index contributed by atoms with van der Waals surface area (Å²) in [7, 11) is 0. The van der Waals surface area contributed by atoms with Gasteiger partial charge in [-0.25, -0.2) is 0 Å². The molecule has 0 amide bonds. The van der Waals surface area contributed by atoms with Crippen molar-refractivity contribution in [3.05, 3.63) is 29.8 Å². The van der Waals surface area contributed by atoms with Gasteiger partial charge in [0.05, 0.1) is 0 Å². The normalized spacial score (nSPS) is 10.5. The average molecular weight is 210 g/mol. The molecule has 86 valence electrons. The molecule has 0 unspecified atom stereocenters. The number of phenols is 1. The molecule has 1 rings (SSSR count). The van der Waals surface area contributed by atoms with Gasteiger partial charge in [-0.15, -0.1) is 0 Å². The monoisotopic (exact) mass is 210 g/mol. The number of benzene rings is 1. The van der Waals surface area contributed by atoms with Crippen molar-refractivity contribution in [2.75, 3.05) is 13.1 Å². The molecule has 0 spiro atoms. The van der Waals surface area contributed by atoms with Gasteiger partial charge in [0.15, 0.2) is 0 Å². The summed E-state index contributed by atoms with van der Waals surface area (Å²) in [6, 6.07) is 7.46. The van der Waals surface area contributed by atoms with Gasteiger partial charge < -0.3 is 16.6 Å². The number of para-hydroxylation sites is 1. The second-order valence-electron chi connectivity index (χ2n) is 4.34. The van der Waals surface area contributed by atoms with Gasteiger partial charge in [-0.2, -0.15) is 0 Å². The molecule has 0 bridgehead atoms. The molecular formula is C12H22N2O. The van der Waals surface area contributed by atoms with Crippen molar-refractivity contribution in [3.8, 4) is 5.75 Å². The van der Waals surface area contributed by atoms with Crippen molar-refractivity contribution in [2.45, 2.75) is 26.2 Å². The molecule has 0 saturated heterocycles. The Hall–Kier alpha value is -1.06. The number of hydrogen-bond acceptors (Lipinski definition) is 3. The number of aromatic hydroxyl groups is 1. The zero-order chi connectivity index (χ0) is 11.9. The second-order valence-corrected chi connectivity index (χ2v) is 4.34. The van der Waals surface area contributed by atoms with Crippen molar-refractivity contribution >= 4 is 0 Å². The fourth-order valence-electron chi connectivity index (χ4n) is 1.11. The van der Waals surface area contributed by atoms with Crippen LogP contribution in [-0.4, -0.2) is 18.2 Å². The van der Waals surface area contributed by atoms with E-state index in [0.717, 1.165) is 5.56 Å². The minimum absolute atomic E-state index is 0.0331. The van der Waals surface area contributed by atoms with Crippen LogP contribution in [0.1, 0.15) is 26.3 Å². The zero-order valence-electron chi connectivity index (χ0n) is 9.83. The average Bonchev–Trinajstić information content (AvgIpc) is 2.17. The van der Waals surface area contributed by atoms with Crippen LogP contribution < -0.4 is 11.5 Å². The highest BCUT2D eigenvalue weighted by Crippen LogP contribution is 2.29. The standard InChI is InChI=1S/C10H14O.C2H8N2/c1-10(2,3)8-6-4-5-7-9(8)11;3-1-2-4/h4-7,11H,1-3H3;1-4H2. The highest BCUT2D eigenvalue weighted by Gasteiger charge is 2.16. The fraction of sp³-hybridized carbons (Fsp3) is 0.500. The minimum atomic E-state index is 0.0331. The van der Waals surface area contributed by atoms with Crippen molar-refractivity contribution in [3.63, 3.8) is 0 Å². The fourth-order valence-corrected chi connectivity index (χ4v) is 1.11. The van der Waals surface area contributed by atoms with Crippen molar-refractivity contribution in [1.29, 1.82) is 0 Å². The molecule has 0 aliphatic heterocycles. The van der Waals surface area contributed by atoms with Crippen LogP contribution in [0.25, 0.3) is 0 Å². The molecule has 0 aliphatic rings. The first kappa shape index (κ1) is 13.9. The highest BCUT2D eigenvalue weighted by atomic mass is 16.3. The van der Waals surface area contributed by atoms with E-state index in [0.29, 0.717) is 18.8 Å². The van der Waals surface area contributed by atoms with Crippen LogP contribution in [-0.2, 0) is 5.41 Å². The lowest BCUT2D eigenvalue weighted by atomic mass is 9.86. The van der Waals surface area contributed by atoms with Gasteiger partial charge in [-0.3, -0.25) is 0 Å². The molecule has 0 saturated carbocycles. The maximum absolute atomic E-state index is 9.45. The molecule has 5 N–H and O–H groups in total. The van der Waals surface area contributed by atoms with Crippen LogP contribution in [0.2, 0.25) is 0 Å². The number of rotatable bonds is 1. The summed E-state index contributed by atoms with van der Waals surface area (Å²) in [5, 5.41) is 9.45. The van der Waals surface area contributed by atoms with Crippen LogP contribution in [0.5, 0.6) is 5.75 Å². The predicted molar refractivity (Wildman–Crippen MR) is 64.9 cm³/mol. The number of nitrogens with two attached hydrogens (primary N) is 2. The van der Waals surface area contributed by atoms with E-state index in [4.69, 9.17) is 11.5 Å². The molecule has 3 nitrogen and oxygen atoms in total. The molecule has 1 aromatic carbocycles. The lowest BCUT2D eigenvalue weighted by Crippen LogP contribution is -2.11. The van der Waals surface area contributed by atoms with Crippen LogP contribution in [0, 0.1) is 0 Å². The van der Waals surface area contributed by atoms with Gasteiger partial charge in [0.2, 0.25) is 0 Å². The Kier molecular flexibility index (Phi) is 5.97. The van der Waals surface area contributed by atoms with E-state index in [9.17, 15) is 5.11 Å². The van der Waals surface area contributed by atoms with Crippen molar-refractivity contribution < 1.29 is 5.11 Å². The van der Waals surface area contributed by atoms with Crippen LogP contribution in [0.4, 0.5) is 0 Å². The smallest absolute Gasteiger partial charge is 0.119 e. The lowest BCUT2D eigenvalue weighted by Gasteiger charge is -2.19. The molecular weight excluding hydrogens is 188 g/mol. The summed E-state index contributed by atoms with van der Waals surface area (Å²) in [4.78, 5) is 0. The van der Waals surface area contributed by atoms with E-state index in [1.165, 1.54) is 0 Å². The van der Waals surface area contributed by atoms with Gasteiger partial charge in [0.25, 0.3) is 0 Å². The van der Waals surface area contributed by atoms with E-state index >= 15 is 0 Å². The van der Waals surface area contributed by atoms with Crippen molar-refractivity contribution in [2.24, 2.45) is 11.5 Å². The topological polar surface area (TPSA) is 72.3 Å². The molecule has 0 aromatic heterocycles. The van der Waals surface area contributed by atoms with Gasteiger partial charge in [-0.1, -0.05) is 39.0 Å². The Morgan fingerprint density at radius 3 is 1.80 bits per heavy atom. The molecule has 15 heavy (non-hydrogen) atoms. The molecule has 0 heterocycles. The Bertz CT molecular complexity index is 277. The van der Waals surface area contributed by atoms with Gasteiger partial charge in [0.1, 0.15) is 5.75 Å². The SMILES string of the molecule is CC(C)(C)c1ccccc1O.NCCN. The summed E-state index contributed by atoms with van der Waals surface area (Å²) < 4.78 is 0. The van der Waals surface area contributed by atoms with E-state index in [-0.39, 0.29) is 5.41 Å². The van der Waals surface area contributed by atoms with Gasteiger partial charge >= 0.3 is 0 Å². The van der Waals surface area contributed by atoms with Crippen LogP contribution in [0.15, 0.2) is 24.3 Å². The third-order valence-electron chi connectivity index (χ3n) is 1.88. The van der Waals surface area contributed by atoms with Gasteiger partial charge in [-0.05, 0) is 17.0 Å². The van der Waals surface area contributed by atoms with E-state index in [1.54, 1.807) is 6.07 Å². The Morgan fingerprint density at radius 1 is 1.07 bits per heavy atom. The summed E-state index contributed by atoms with van der Waals surface area (Å²) in [5.74, 6) is 0.389. The second kappa shape index (κ2) is 6.43. The zero-order valence-corrected chi connectivity index (χ0v) is 9.83. The quantitative estimate of drug-likeness (QED) is 0.659. The lowest BCUT2D eigenvalue weighted by molar-refractivity contribution is 0.447. The van der Waals surface area contributed by atoms with E-state index in [1.807, 2.05) is 18.2 Å². The van der Waals surface area contributed by atoms with E-state index in [2.05, 4.69) is 20.8 Å². The molecule has 1 aromatic rings. The van der Waals surface area contributed by atoms with Gasteiger partial charge in [0, 0.05) is 13.1 Å². The van der Waals surface area contributed by atoms with Crippen molar-refractivity contribution in [1.82, 2.24) is 0 Å². The Balaban J connectivity index is 0.000000423. The minimum Gasteiger partial charge on any atom is -0.508 e. The summed E-state index contributed by atoms with van der Waals surface area (Å²) in [6.45, 7) is 7.45.